The zero-order valence-corrected chi connectivity index (χ0v) is 11.5. The third-order valence-electron chi connectivity index (χ3n) is 4.73. The second kappa shape index (κ2) is 4.09. The van der Waals surface area contributed by atoms with Gasteiger partial charge in [-0.15, -0.1) is 0 Å². The molecule has 0 spiro atoms. The van der Waals surface area contributed by atoms with Gasteiger partial charge in [0, 0.05) is 12.3 Å². The molecular formula is C16H21NO. The van der Waals surface area contributed by atoms with E-state index in [2.05, 4.69) is 26.5 Å². The van der Waals surface area contributed by atoms with E-state index in [1.807, 2.05) is 6.92 Å². The van der Waals surface area contributed by atoms with Crippen LogP contribution in [0, 0.1) is 28.1 Å². The van der Waals surface area contributed by atoms with Crippen LogP contribution in [0.1, 0.15) is 46.5 Å². The van der Waals surface area contributed by atoms with Crippen molar-refractivity contribution >= 4 is 5.78 Å². The van der Waals surface area contributed by atoms with Gasteiger partial charge < -0.3 is 0 Å². The fraction of sp³-hybridized carbons (Fsp3) is 0.625. The van der Waals surface area contributed by atoms with Gasteiger partial charge >= 0.3 is 0 Å². The lowest BCUT2D eigenvalue weighted by Gasteiger charge is -2.50. The highest BCUT2D eigenvalue weighted by atomic mass is 16.1. The molecule has 0 aromatic heterocycles. The van der Waals surface area contributed by atoms with E-state index in [1.165, 1.54) is 0 Å². The molecule has 2 rings (SSSR count). The predicted octanol–water partition coefficient (Wildman–Crippen LogP) is 3.80. The summed E-state index contributed by atoms with van der Waals surface area (Å²) in [4.78, 5) is 11.7. The molecule has 0 aromatic carbocycles. The van der Waals surface area contributed by atoms with E-state index in [0.717, 1.165) is 24.0 Å². The van der Waals surface area contributed by atoms with Crippen LogP contribution in [0.2, 0.25) is 0 Å². The van der Waals surface area contributed by atoms with Gasteiger partial charge in [-0.1, -0.05) is 26.0 Å². The Bertz CT molecular complexity index is 478. The highest BCUT2D eigenvalue weighted by Gasteiger charge is 2.52. The van der Waals surface area contributed by atoms with E-state index in [-0.39, 0.29) is 17.1 Å². The number of rotatable bonds is 1. The summed E-state index contributed by atoms with van der Waals surface area (Å²) in [6.45, 7) is 10.4. The minimum Gasteiger partial charge on any atom is -0.295 e. The van der Waals surface area contributed by atoms with Crippen molar-refractivity contribution in [2.45, 2.75) is 46.5 Å². The van der Waals surface area contributed by atoms with Crippen LogP contribution in [0.25, 0.3) is 0 Å². The Morgan fingerprint density at radius 1 is 1.50 bits per heavy atom. The van der Waals surface area contributed by atoms with Crippen molar-refractivity contribution in [2.24, 2.45) is 16.7 Å². The molecule has 2 aliphatic carbocycles. The summed E-state index contributed by atoms with van der Waals surface area (Å²) in [6, 6.07) is 2.55. The number of fused-ring (bicyclic) bond motifs is 1. The van der Waals surface area contributed by atoms with E-state index in [1.54, 1.807) is 6.08 Å². The van der Waals surface area contributed by atoms with Crippen LogP contribution < -0.4 is 0 Å². The molecule has 2 nitrogen and oxygen atoms in total. The average molecular weight is 243 g/mol. The number of nitriles is 1. The third kappa shape index (κ3) is 1.73. The molecule has 96 valence electrons. The van der Waals surface area contributed by atoms with Gasteiger partial charge in [-0.25, -0.2) is 0 Å². The first kappa shape index (κ1) is 13.1. The van der Waals surface area contributed by atoms with Gasteiger partial charge in [0.2, 0.25) is 0 Å². The fourth-order valence-electron chi connectivity index (χ4n) is 3.73. The number of allylic oxidation sites excluding steroid dienone is 3. The molecule has 0 bridgehead atoms. The molecule has 0 heterocycles. The molecule has 2 atom stereocenters. The van der Waals surface area contributed by atoms with E-state index in [0.29, 0.717) is 12.8 Å². The Kier molecular flexibility index (Phi) is 2.97. The molecule has 1 saturated carbocycles. The van der Waals surface area contributed by atoms with Crippen LogP contribution in [0.3, 0.4) is 0 Å². The Morgan fingerprint density at radius 2 is 2.17 bits per heavy atom. The summed E-state index contributed by atoms with van der Waals surface area (Å²) in [5, 5.41) is 9.77. The minimum atomic E-state index is -0.485. The Hall–Kier alpha value is -1.36. The monoisotopic (exact) mass is 243 g/mol. The first-order valence-corrected chi connectivity index (χ1v) is 6.65. The number of ketones is 1. The smallest absolute Gasteiger partial charge is 0.155 e. The van der Waals surface area contributed by atoms with Crippen molar-refractivity contribution in [3.63, 3.8) is 0 Å². The topological polar surface area (TPSA) is 40.9 Å². The van der Waals surface area contributed by atoms with Gasteiger partial charge in [0.15, 0.2) is 5.78 Å². The first-order chi connectivity index (χ1) is 8.33. The van der Waals surface area contributed by atoms with Crippen molar-refractivity contribution in [3.05, 3.63) is 23.8 Å². The molecule has 0 aromatic rings. The van der Waals surface area contributed by atoms with Crippen molar-refractivity contribution < 1.29 is 4.79 Å². The fourth-order valence-corrected chi connectivity index (χ4v) is 3.73. The number of carbonyl (C=O) groups is 1. The second-order valence-electron chi connectivity index (χ2n) is 6.43. The number of nitrogens with zero attached hydrogens (tertiary/aromatic N) is 1. The SMILES string of the molecule is C=C(C)C1CCC(C)(C)C2=CC(=O)CCC21C#N. The molecule has 18 heavy (non-hydrogen) atoms. The van der Waals surface area contributed by atoms with Crippen LogP contribution in [-0.4, -0.2) is 5.78 Å². The van der Waals surface area contributed by atoms with Crippen molar-refractivity contribution in [3.8, 4) is 6.07 Å². The van der Waals surface area contributed by atoms with E-state index in [4.69, 9.17) is 0 Å². The molecule has 0 N–H and O–H groups in total. The third-order valence-corrected chi connectivity index (χ3v) is 4.73. The predicted molar refractivity (Wildman–Crippen MR) is 71.7 cm³/mol. The molecule has 0 saturated heterocycles. The summed E-state index contributed by atoms with van der Waals surface area (Å²) in [5.74, 6) is 0.376. The summed E-state index contributed by atoms with van der Waals surface area (Å²) in [5.41, 5.74) is 1.60. The lowest BCUT2D eigenvalue weighted by atomic mass is 9.51. The maximum atomic E-state index is 11.7. The normalized spacial score (nSPS) is 34.2. The maximum absolute atomic E-state index is 11.7. The number of hydrogen-bond donors (Lipinski definition) is 0. The zero-order valence-electron chi connectivity index (χ0n) is 11.5. The molecule has 1 fully saturated rings. The number of hydrogen-bond acceptors (Lipinski definition) is 2. The van der Waals surface area contributed by atoms with Crippen molar-refractivity contribution in [1.82, 2.24) is 0 Å². The molecule has 0 aliphatic heterocycles. The highest BCUT2D eigenvalue weighted by molar-refractivity contribution is 5.92. The minimum absolute atomic E-state index is 0.0439. The summed E-state index contributed by atoms with van der Waals surface area (Å²) < 4.78 is 0. The van der Waals surface area contributed by atoms with Crippen molar-refractivity contribution in [1.29, 1.82) is 5.26 Å². The lowest BCUT2D eigenvalue weighted by molar-refractivity contribution is -0.116. The summed E-state index contributed by atoms with van der Waals surface area (Å²) >= 11 is 0. The first-order valence-electron chi connectivity index (χ1n) is 6.65. The quantitative estimate of drug-likeness (QED) is 0.657. The van der Waals surface area contributed by atoms with Gasteiger partial charge in [-0.05, 0) is 43.3 Å². The zero-order chi connectivity index (χ0) is 13.6. The van der Waals surface area contributed by atoms with Crippen LogP contribution in [0.15, 0.2) is 23.8 Å². The molecule has 0 amide bonds. The van der Waals surface area contributed by atoms with Crippen LogP contribution in [0.4, 0.5) is 0 Å². The number of carbonyl (C=O) groups excluding carboxylic acids is 1. The van der Waals surface area contributed by atoms with Crippen LogP contribution in [-0.2, 0) is 4.79 Å². The Labute approximate surface area is 109 Å². The Balaban J connectivity index is 2.60. The largest absolute Gasteiger partial charge is 0.295 e. The highest BCUT2D eigenvalue weighted by Crippen LogP contribution is 2.58. The average Bonchev–Trinajstić information content (AvgIpc) is 2.29. The molecule has 0 radical (unpaired) electrons. The summed E-state index contributed by atoms with van der Waals surface area (Å²) in [6.07, 6.45) is 4.93. The molecule has 2 heteroatoms. The van der Waals surface area contributed by atoms with E-state index < -0.39 is 5.41 Å². The van der Waals surface area contributed by atoms with Crippen molar-refractivity contribution in [2.75, 3.05) is 0 Å². The van der Waals surface area contributed by atoms with Gasteiger partial charge in [-0.2, -0.15) is 5.26 Å². The standard InChI is InChI=1S/C16H21NO/c1-11(2)13-6-7-15(3,4)14-9-12(18)5-8-16(13,14)10-17/h9,13H,1,5-8H2,2-4H3. The van der Waals surface area contributed by atoms with Gasteiger partial charge in [0.1, 0.15) is 0 Å². The molecule has 2 aliphatic rings. The molecular weight excluding hydrogens is 222 g/mol. The van der Waals surface area contributed by atoms with Crippen LogP contribution in [0.5, 0.6) is 0 Å². The summed E-state index contributed by atoms with van der Waals surface area (Å²) in [7, 11) is 0. The maximum Gasteiger partial charge on any atom is 0.155 e. The molecule has 2 unspecified atom stereocenters. The van der Waals surface area contributed by atoms with Gasteiger partial charge in [-0.3, -0.25) is 4.79 Å². The van der Waals surface area contributed by atoms with E-state index >= 15 is 0 Å². The second-order valence-corrected chi connectivity index (χ2v) is 6.43. The Morgan fingerprint density at radius 3 is 2.72 bits per heavy atom. The van der Waals surface area contributed by atoms with Crippen LogP contribution >= 0.6 is 0 Å². The lowest BCUT2D eigenvalue weighted by Crippen LogP contribution is -2.45. The van der Waals surface area contributed by atoms with E-state index in [9.17, 15) is 10.1 Å². The van der Waals surface area contributed by atoms with Gasteiger partial charge in [0.25, 0.3) is 0 Å². The van der Waals surface area contributed by atoms with Gasteiger partial charge in [0.05, 0.1) is 11.5 Å².